The van der Waals surface area contributed by atoms with Crippen LogP contribution < -0.4 is 4.74 Å². The van der Waals surface area contributed by atoms with Gasteiger partial charge in [0.05, 0.1) is 19.3 Å². The molecule has 1 atom stereocenters. The summed E-state index contributed by atoms with van der Waals surface area (Å²) in [4.78, 5) is 26.6. The van der Waals surface area contributed by atoms with Crippen molar-refractivity contribution in [3.8, 4) is 5.75 Å². The number of carboxylic acids is 1. The number of morpholine rings is 1. The van der Waals surface area contributed by atoms with Gasteiger partial charge in [0, 0.05) is 19.6 Å². The monoisotopic (exact) mass is 372 g/mol. The number of ether oxygens (including phenoxy) is 2. The largest absolute Gasteiger partial charge is 0.484 e. The molecular weight excluding hydrogens is 348 g/mol. The quantitative estimate of drug-likeness (QED) is 0.793. The second kappa shape index (κ2) is 8.83. The van der Waals surface area contributed by atoms with Crippen molar-refractivity contribution in [1.82, 2.24) is 9.80 Å². The van der Waals surface area contributed by atoms with E-state index in [-0.39, 0.29) is 25.2 Å². The van der Waals surface area contributed by atoms with Crippen LogP contribution in [0.15, 0.2) is 42.5 Å². The van der Waals surface area contributed by atoms with Crippen LogP contribution in [0.25, 0.3) is 10.8 Å². The van der Waals surface area contributed by atoms with Crippen molar-refractivity contribution in [2.75, 3.05) is 46.4 Å². The van der Waals surface area contributed by atoms with Gasteiger partial charge in [0.2, 0.25) is 0 Å². The van der Waals surface area contributed by atoms with Gasteiger partial charge in [-0.3, -0.25) is 14.5 Å². The molecule has 0 bridgehead atoms. The lowest BCUT2D eigenvalue weighted by Crippen LogP contribution is -2.50. The van der Waals surface area contributed by atoms with Crippen molar-refractivity contribution < 1.29 is 24.2 Å². The molecule has 7 heteroatoms. The molecule has 3 rings (SSSR count). The number of hydrogen-bond donors (Lipinski definition) is 1. The summed E-state index contributed by atoms with van der Waals surface area (Å²) >= 11 is 0. The Morgan fingerprint density at radius 3 is 2.81 bits per heavy atom. The van der Waals surface area contributed by atoms with Crippen molar-refractivity contribution in [3.63, 3.8) is 0 Å². The molecule has 2 aromatic rings. The number of carboxylic acid groups (broad SMARTS) is 1. The Bertz CT molecular complexity index is 810. The van der Waals surface area contributed by atoms with Gasteiger partial charge in [0.25, 0.3) is 5.91 Å². The summed E-state index contributed by atoms with van der Waals surface area (Å²) in [5, 5.41) is 11.0. The smallest absolute Gasteiger partial charge is 0.317 e. The molecule has 1 fully saturated rings. The maximum atomic E-state index is 12.5. The van der Waals surface area contributed by atoms with Crippen LogP contribution >= 0.6 is 0 Å². The molecule has 1 amide bonds. The molecular formula is C20H24N2O5. The molecule has 1 N–H and O–H groups in total. The van der Waals surface area contributed by atoms with E-state index in [0.717, 1.165) is 10.8 Å². The van der Waals surface area contributed by atoms with Gasteiger partial charge in [-0.25, -0.2) is 0 Å². The molecule has 144 valence electrons. The molecule has 0 saturated carbocycles. The average Bonchev–Trinajstić information content (AvgIpc) is 2.65. The van der Waals surface area contributed by atoms with Crippen molar-refractivity contribution in [2.45, 2.75) is 6.10 Å². The van der Waals surface area contributed by atoms with Crippen LogP contribution in [0.1, 0.15) is 0 Å². The summed E-state index contributed by atoms with van der Waals surface area (Å²) in [5.74, 6) is -0.324. The molecule has 0 spiro atoms. The van der Waals surface area contributed by atoms with Crippen LogP contribution in [0.4, 0.5) is 0 Å². The zero-order chi connectivity index (χ0) is 19.2. The highest BCUT2D eigenvalue weighted by molar-refractivity contribution is 5.84. The van der Waals surface area contributed by atoms with Crippen molar-refractivity contribution in [1.29, 1.82) is 0 Å². The van der Waals surface area contributed by atoms with Crippen LogP contribution in [0.2, 0.25) is 0 Å². The number of carbonyl (C=O) groups excluding carboxylic acids is 1. The highest BCUT2D eigenvalue weighted by Crippen LogP contribution is 2.20. The highest BCUT2D eigenvalue weighted by Gasteiger charge is 2.25. The van der Waals surface area contributed by atoms with Gasteiger partial charge in [-0.1, -0.05) is 30.3 Å². The number of hydrogen-bond acceptors (Lipinski definition) is 5. The lowest BCUT2D eigenvalue weighted by Gasteiger charge is -2.34. The minimum absolute atomic E-state index is 0.0317. The van der Waals surface area contributed by atoms with Crippen molar-refractivity contribution in [3.05, 3.63) is 42.5 Å². The number of carbonyl (C=O) groups is 2. The van der Waals surface area contributed by atoms with E-state index >= 15 is 0 Å². The Labute approximate surface area is 158 Å². The topological polar surface area (TPSA) is 79.3 Å². The van der Waals surface area contributed by atoms with Gasteiger partial charge < -0.3 is 19.5 Å². The van der Waals surface area contributed by atoms with Crippen LogP contribution in [0.5, 0.6) is 5.75 Å². The summed E-state index contributed by atoms with van der Waals surface area (Å²) in [5.41, 5.74) is 0. The van der Waals surface area contributed by atoms with Crippen LogP contribution in [0, 0.1) is 0 Å². The molecule has 2 aromatic carbocycles. The van der Waals surface area contributed by atoms with E-state index in [1.165, 1.54) is 0 Å². The number of nitrogens with zero attached hydrogens (tertiary/aromatic N) is 2. The number of likely N-dealkylation sites (N-methyl/N-ethyl adjacent to an activating group) is 1. The summed E-state index contributed by atoms with van der Waals surface area (Å²) in [6.45, 7) is 1.76. The minimum atomic E-state index is -0.884. The Kier molecular flexibility index (Phi) is 6.26. The Balaban J connectivity index is 1.51. The highest BCUT2D eigenvalue weighted by atomic mass is 16.5. The normalized spacial score (nSPS) is 17.3. The van der Waals surface area contributed by atoms with Crippen LogP contribution in [0.3, 0.4) is 0 Å². The molecule has 0 radical (unpaired) electrons. The first-order valence-electron chi connectivity index (χ1n) is 8.92. The summed E-state index contributed by atoms with van der Waals surface area (Å²) in [7, 11) is 1.72. The van der Waals surface area contributed by atoms with Gasteiger partial charge in [0.1, 0.15) is 5.75 Å². The summed E-state index contributed by atoms with van der Waals surface area (Å²) < 4.78 is 11.3. The van der Waals surface area contributed by atoms with Crippen LogP contribution in [-0.4, -0.2) is 79.3 Å². The Morgan fingerprint density at radius 1 is 1.26 bits per heavy atom. The second-order valence-corrected chi connectivity index (χ2v) is 6.72. The van der Waals surface area contributed by atoms with Gasteiger partial charge >= 0.3 is 5.97 Å². The predicted molar refractivity (Wildman–Crippen MR) is 101 cm³/mol. The Hall–Kier alpha value is -2.64. The van der Waals surface area contributed by atoms with E-state index < -0.39 is 5.97 Å². The van der Waals surface area contributed by atoms with Crippen molar-refractivity contribution >= 4 is 22.6 Å². The maximum absolute atomic E-state index is 12.5. The van der Waals surface area contributed by atoms with Crippen LogP contribution in [-0.2, 0) is 14.3 Å². The average molecular weight is 372 g/mol. The maximum Gasteiger partial charge on any atom is 0.317 e. The van der Waals surface area contributed by atoms with E-state index in [4.69, 9.17) is 14.6 Å². The van der Waals surface area contributed by atoms with Crippen molar-refractivity contribution in [2.24, 2.45) is 0 Å². The standard InChI is InChI=1S/C20H24N2O5/c1-21(13-20(24)25)11-18-12-22(8-9-26-18)19(23)14-27-17-7-6-15-4-2-3-5-16(15)10-17/h2-7,10,18H,8-9,11-14H2,1H3,(H,24,25). The third kappa shape index (κ3) is 5.42. The van der Waals surface area contributed by atoms with E-state index in [9.17, 15) is 9.59 Å². The lowest BCUT2D eigenvalue weighted by molar-refractivity contribution is -0.143. The number of aliphatic carboxylic acids is 1. The first kappa shape index (κ1) is 19.1. The molecule has 0 aromatic heterocycles. The van der Waals surface area contributed by atoms with Gasteiger partial charge in [0.15, 0.2) is 6.61 Å². The van der Waals surface area contributed by atoms with E-state index in [1.807, 2.05) is 42.5 Å². The number of benzene rings is 2. The Morgan fingerprint density at radius 2 is 2.04 bits per heavy atom. The molecule has 1 saturated heterocycles. The molecule has 1 heterocycles. The van der Waals surface area contributed by atoms with E-state index in [2.05, 4.69) is 0 Å². The molecule has 27 heavy (non-hydrogen) atoms. The SMILES string of the molecule is CN(CC(=O)O)CC1CN(C(=O)COc2ccc3ccccc3c2)CCO1. The first-order valence-corrected chi connectivity index (χ1v) is 8.92. The zero-order valence-electron chi connectivity index (χ0n) is 15.3. The van der Waals surface area contributed by atoms with Gasteiger partial charge in [-0.05, 0) is 30.0 Å². The molecule has 1 aliphatic heterocycles. The first-order chi connectivity index (χ1) is 13.0. The fraction of sp³-hybridized carbons (Fsp3) is 0.400. The number of rotatable bonds is 7. The zero-order valence-corrected chi connectivity index (χ0v) is 15.3. The van der Waals surface area contributed by atoms with E-state index in [1.54, 1.807) is 16.8 Å². The summed E-state index contributed by atoms with van der Waals surface area (Å²) in [6, 6.07) is 13.7. The molecule has 1 aliphatic rings. The summed E-state index contributed by atoms with van der Waals surface area (Å²) in [6.07, 6.45) is -0.201. The fourth-order valence-corrected chi connectivity index (χ4v) is 3.19. The number of fused-ring (bicyclic) bond motifs is 1. The molecule has 1 unspecified atom stereocenters. The van der Waals surface area contributed by atoms with E-state index in [0.29, 0.717) is 32.0 Å². The molecule has 0 aliphatic carbocycles. The predicted octanol–water partition coefficient (Wildman–Crippen LogP) is 1.46. The third-order valence-corrected chi connectivity index (χ3v) is 4.50. The third-order valence-electron chi connectivity index (χ3n) is 4.50. The van der Waals surface area contributed by atoms with Gasteiger partial charge in [-0.2, -0.15) is 0 Å². The van der Waals surface area contributed by atoms with Gasteiger partial charge in [-0.15, -0.1) is 0 Å². The lowest BCUT2D eigenvalue weighted by atomic mass is 10.1. The second-order valence-electron chi connectivity index (χ2n) is 6.72. The number of amides is 1. The molecule has 7 nitrogen and oxygen atoms in total. The fourth-order valence-electron chi connectivity index (χ4n) is 3.19. The minimum Gasteiger partial charge on any atom is -0.484 e.